The van der Waals surface area contributed by atoms with E-state index in [1.54, 1.807) is 6.92 Å². The molecule has 0 radical (unpaired) electrons. The Morgan fingerprint density at radius 3 is 2.71 bits per heavy atom. The largest absolute Gasteiger partial charge is 0.467 e. The molecule has 0 saturated heterocycles. The number of esters is 1. The minimum Gasteiger partial charge on any atom is -0.467 e. The molecule has 17 heavy (non-hydrogen) atoms. The molecule has 0 aliphatic carbocycles. The Kier molecular flexibility index (Phi) is 3.97. The van der Waals surface area contributed by atoms with Crippen LogP contribution in [0.2, 0.25) is 0 Å². The van der Waals surface area contributed by atoms with Gasteiger partial charge in [0.2, 0.25) is 0 Å². The fraction of sp³-hybridized carbons (Fsp3) is 0.400. The first kappa shape index (κ1) is 12.9. The number of hydrogen-bond donors (Lipinski definition) is 0. The first-order valence-corrected chi connectivity index (χ1v) is 4.95. The van der Waals surface area contributed by atoms with Gasteiger partial charge in [0.05, 0.1) is 18.2 Å². The molecule has 1 atom stereocenters. The van der Waals surface area contributed by atoms with Gasteiger partial charge < -0.3 is 4.74 Å². The van der Waals surface area contributed by atoms with Crippen molar-refractivity contribution in [2.45, 2.75) is 19.4 Å². The third-order valence-corrected chi connectivity index (χ3v) is 2.33. The van der Waals surface area contributed by atoms with Gasteiger partial charge in [-0.3, -0.25) is 19.5 Å². The number of rotatable bonds is 4. The predicted molar refractivity (Wildman–Crippen MR) is 58.7 cm³/mol. The summed E-state index contributed by atoms with van der Waals surface area (Å²) in [7, 11) is 1.20. The van der Waals surface area contributed by atoms with Gasteiger partial charge in [0.25, 0.3) is 11.2 Å². The zero-order valence-corrected chi connectivity index (χ0v) is 9.45. The first-order chi connectivity index (χ1) is 8.01. The van der Waals surface area contributed by atoms with Crippen LogP contribution in [-0.2, 0) is 9.53 Å². The first-order valence-electron chi connectivity index (χ1n) is 4.95. The van der Waals surface area contributed by atoms with Crippen LogP contribution in [0.25, 0.3) is 0 Å². The molecule has 1 aromatic rings. The van der Waals surface area contributed by atoms with Gasteiger partial charge >= 0.3 is 5.97 Å². The number of hydrogen-bond acceptors (Lipinski definition) is 5. The number of aromatic nitrogens is 1. The zero-order chi connectivity index (χ0) is 13.0. The summed E-state index contributed by atoms with van der Waals surface area (Å²) in [6, 6.07) is 1.32. The number of ether oxygens (including phenoxy) is 1. The maximum absolute atomic E-state index is 11.5. The fourth-order valence-electron chi connectivity index (χ4n) is 1.46. The van der Waals surface area contributed by atoms with Crippen molar-refractivity contribution in [3.8, 4) is 0 Å². The lowest BCUT2D eigenvalue weighted by molar-refractivity contribution is -0.385. The molecular formula is C10H12N2O5. The van der Waals surface area contributed by atoms with Gasteiger partial charge in [0.1, 0.15) is 6.04 Å². The minimum absolute atomic E-state index is 0.244. The van der Waals surface area contributed by atoms with Crippen molar-refractivity contribution >= 4 is 11.7 Å². The molecule has 1 unspecified atom stereocenters. The number of nitro groups is 1. The van der Waals surface area contributed by atoms with Gasteiger partial charge in [-0.2, -0.15) is 0 Å². The summed E-state index contributed by atoms with van der Waals surface area (Å²) in [5.74, 6) is -0.602. The molecule has 0 aromatic carbocycles. The second-order valence-corrected chi connectivity index (χ2v) is 3.34. The lowest BCUT2D eigenvalue weighted by Gasteiger charge is -2.14. The summed E-state index contributed by atoms with van der Waals surface area (Å²) in [6.07, 6.45) is 1.36. The Hall–Kier alpha value is -2.18. The van der Waals surface area contributed by atoms with Crippen LogP contribution in [0.15, 0.2) is 23.1 Å². The van der Waals surface area contributed by atoms with Crippen LogP contribution in [0.5, 0.6) is 0 Å². The number of carbonyl (C=O) groups excluding carboxylic acids is 1. The van der Waals surface area contributed by atoms with E-state index in [1.165, 1.54) is 7.11 Å². The van der Waals surface area contributed by atoms with Gasteiger partial charge in [0.15, 0.2) is 0 Å². The molecular weight excluding hydrogens is 228 g/mol. The average molecular weight is 240 g/mol. The molecule has 7 nitrogen and oxygen atoms in total. The standard InChI is InChI=1S/C10H12N2O5/c1-3-8(10(14)17-2)11-6-7(12(15)16)4-5-9(11)13/h4-6,8H,3H2,1-2H3. The van der Waals surface area contributed by atoms with Crippen LogP contribution in [0.1, 0.15) is 19.4 Å². The number of nitrogens with zero attached hydrogens (tertiary/aromatic N) is 2. The monoisotopic (exact) mass is 240 g/mol. The van der Waals surface area contributed by atoms with Crippen molar-refractivity contribution < 1.29 is 14.5 Å². The van der Waals surface area contributed by atoms with Crippen molar-refractivity contribution in [1.82, 2.24) is 4.57 Å². The van der Waals surface area contributed by atoms with E-state index in [0.29, 0.717) is 6.42 Å². The van der Waals surface area contributed by atoms with Gasteiger partial charge in [-0.1, -0.05) is 6.92 Å². The van der Waals surface area contributed by atoms with Crippen molar-refractivity contribution in [2.75, 3.05) is 7.11 Å². The molecule has 0 bridgehead atoms. The van der Waals surface area contributed by atoms with Crippen molar-refractivity contribution in [1.29, 1.82) is 0 Å². The Labute approximate surface area is 96.8 Å². The Bertz CT molecular complexity index is 494. The normalized spacial score (nSPS) is 11.9. The molecule has 0 amide bonds. The van der Waals surface area contributed by atoms with E-state index in [2.05, 4.69) is 4.74 Å². The van der Waals surface area contributed by atoms with E-state index in [4.69, 9.17) is 0 Å². The Morgan fingerprint density at radius 2 is 2.24 bits per heavy atom. The summed E-state index contributed by atoms with van der Waals surface area (Å²) in [4.78, 5) is 32.9. The van der Waals surface area contributed by atoms with Crippen LogP contribution in [0.4, 0.5) is 5.69 Å². The second kappa shape index (κ2) is 5.24. The predicted octanol–water partition coefficient (Wildman–Crippen LogP) is 0.881. The number of methoxy groups -OCH3 is 1. The highest BCUT2D eigenvalue weighted by Crippen LogP contribution is 2.14. The van der Waals surface area contributed by atoms with Crippen molar-refractivity contribution in [3.05, 3.63) is 38.8 Å². The second-order valence-electron chi connectivity index (χ2n) is 3.34. The highest BCUT2D eigenvalue weighted by Gasteiger charge is 2.21. The maximum atomic E-state index is 11.5. The quantitative estimate of drug-likeness (QED) is 0.442. The lowest BCUT2D eigenvalue weighted by atomic mass is 10.2. The summed E-state index contributed by atoms with van der Waals surface area (Å²) in [5, 5.41) is 10.6. The van der Waals surface area contributed by atoms with Crippen LogP contribution in [-0.4, -0.2) is 22.6 Å². The van der Waals surface area contributed by atoms with Crippen molar-refractivity contribution in [2.24, 2.45) is 0 Å². The van der Waals surface area contributed by atoms with Gasteiger partial charge in [-0.05, 0) is 6.42 Å². The maximum Gasteiger partial charge on any atom is 0.328 e. The topological polar surface area (TPSA) is 91.4 Å². The van der Waals surface area contributed by atoms with Gasteiger partial charge in [-0.15, -0.1) is 0 Å². The SMILES string of the molecule is CCC(C(=O)OC)n1cc([N+](=O)[O-])ccc1=O. The smallest absolute Gasteiger partial charge is 0.328 e. The van der Waals surface area contributed by atoms with Crippen LogP contribution in [0, 0.1) is 10.1 Å². The van der Waals surface area contributed by atoms with Crippen LogP contribution < -0.4 is 5.56 Å². The lowest BCUT2D eigenvalue weighted by Crippen LogP contribution is -2.29. The summed E-state index contributed by atoms with van der Waals surface area (Å²) in [5.41, 5.74) is -0.722. The highest BCUT2D eigenvalue weighted by molar-refractivity contribution is 5.74. The van der Waals surface area contributed by atoms with E-state index in [-0.39, 0.29) is 5.69 Å². The highest BCUT2D eigenvalue weighted by atomic mass is 16.6. The molecule has 0 N–H and O–H groups in total. The average Bonchev–Trinajstić information content (AvgIpc) is 2.31. The number of pyridine rings is 1. The molecule has 1 heterocycles. The van der Waals surface area contributed by atoms with E-state index >= 15 is 0 Å². The van der Waals surface area contributed by atoms with Gasteiger partial charge in [0, 0.05) is 12.1 Å². The molecule has 92 valence electrons. The Morgan fingerprint density at radius 1 is 1.59 bits per heavy atom. The third-order valence-electron chi connectivity index (χ3n) is 2.33. The Balaban J connectivity index is 3.27. The molecule has 0 aliphatic heterocycles. The molecule has 0 fully saturated rings. The van der Waals surface area contributed by atoms with Crippen molar-refractivity contribution in [3.63, 3.8) is 0 Å². The number of carbonyl (C=O) groups is 1. The zero-order valence-electron chi connectivity index (χ0n) is 9.45. The van der Waals surface area contributed by atoms with E-state index in [9.17, 15) is 19.7 Å². The van der Waals surface area contributed by atoms with Gasteiger partial charge in [-0.25, -0.2) is 4.79 Å². The molecule has 0 spiro atoms. The minimum atomic E-state index is -0.840. The summed E-state index contributed by atoms with van der Waals surface area (Å²) in [6.45, 7) is 1.69. The molecule has 1 rings (SSSR count). The van der Waals surface area contributed by atoms with E-state index in [0.717, 1.165) is 22.9 Å². The van der Waals surface area contributed by atoms with E-state index in [1.807, 2.05) is 0 Å². The van der Waals surface area contributed by atoms with Crippen LogP contribution >= 0.6 is 0 Å². The fourth-order valence-corrected chi connectivity index (χ4v) is 1.46. The molecule has 1 aromatic heterocycles. The summed E-state index contributed by atoms with van der Waals surface area (Å²) >= 11 is 0. The molecule has 0 saturated carbocycles. The van der Waals surface area contributed by atoms with E-state index < -0.39 is 22.5 Å². The summed E-state index contributed by atoms with van der Waals surface area (Å²) < 4.78 is 5.56. The van der Waals surface area contributed by atoms with Crippen LogP contribution in [0.3, 0.4) is 0 Å². The third kappa shape index (κ3) is 2.68. The molecule has 0 aliphatic rings. The molecule has 7 heteroatoms.